The van der Waals surface area contributed by atoms with Crippen molar-refractivity contribution < 1.29 is 13.2 Å². The average molecular weight is 268 g/mol. The van der Waals surface area contributed by atoms with Crippen molar-refractivity contribution in [2.24, 2.45) is 5.92 Å². The van der Waals surface area contributed by atoms with Crippen LogP contribution in [0.3, 0.4) is 0 Å². The normalized spacial score (nSPS) is 16.0. The number of hydrogen-bond donors (Lipinski definition) is 2. The van der Waals surface area contributed by atoms with Crippen LogP contribution >= 0.6 is 0 Å². The number of rotatable bonds is 5. The molecule has 0 unspecified atom stereocenters. The van der Waals surface area contributed by atoms with E-state index in [2.05, 4.69) is 10.0 Å². The number of carbonyl (C=O) groups is 1. The van der Waals surface area contributed by atoms with Crippen molar-refractivity contribution >= 4 is 15.9 Å². The molecule has 0 bridgehead atoms. The molecule has 0 atom stereocenters. The van der Waals surface area contributed by atoms with Gasteiger partial charge in [0.25, 0.3) is 0 Å². The zero-order valence-electron chi connectivity index (χ0n) is 9.93. The second kappa shape index (κ2) is 5.49. The van der Waals surface area contributed by atoms with E-state index in [0.717, 1.165) is 5.56 Å². The summed E-state index contributed by atoms with van der Waals surface area (Å²) in [4.78, 5) is 11.5. The zero-order valence-corrected chi connectivity index (χ0v) is 10.7. The Morgan fingerprint density at radius 3 is 2.50 bits per heavy atom. The quantitative estimate of drug-likeness (QED) is 0.781. The molecule has 1 aromatic rings. The van der Waals surface area contributed by atoms with Gasteiger partial charge in [0.1, 0.15) is 0 Å². The summed E-state index contributed by atoms with van der Waals surface area (Å²) in [6.45, 7) is 1.11. The van der Waals surface area contributed by atoms with Gasteiger partial charge in [-0.1, -0.05) is 30.3 Å². The molecule has 18 heavy (non-hydrogen) atoms. The minimum atomic E-state index is -3.53. The maximum Gasteiger partial charge on any atom is 0.239 e. The van der Waals surface area contributed by atoms with Crippen molar-refractivity contribution in [1.82, 2.24) is 10.0 Å². The van der Waals surface area contributed by atoms with Gasteiger partial charge in [-0.2, -0.15) is 0 Å². The first-order chi connectivity index (χ1) is 8.57. The summed E-state index contributed by atoms with van der Waals surface area (Å²) in [6, 6.07) is 9.34. The van der Waals surface area contributed by atoms with Crippen LogP contribution in [0.5, 0.6) is 0 Å². The number of sulfonamides is 1. The molecule has 0 saturated carbocycles. The van der Waals surface area contributed by atoms with Gasteiger partial charge in [-0.15, -0.1) is 0 Å². The van der Waals surface area contributed by atoms with Gasteiger partial charge in [-0.25, -0.2) is 8.42 Å². The average Bonchev–Trinajstić information content (AvgIpc) is 2.25. The lowest BCUT2D eigenvalue weighted by atomic mass is 10.0. The first kappa shape index (κ1) is 13.0. The third-order valence-corrected chi connectivity index (χ3v) is 4.16. The molecule has 98 valence electrons. The fraction of sp³-hybridized carbons (Fsp3) is 0.417. The molecule has 1 heterocycles. The van der Waals surface area contributed by atoms with Crippen molar-refractivity contribution in [3.63, 3.8) is 0 Å². The van der Waals surface area contributed by atoms with Gasteiger partial charge >= 0.3 is 0 Å². The van der Waals surface area contributed by atoms with Crippen molar-refractivity contribution in [3.8, 4) is 0 Å². The topological polar surface area (TPSA) is 75.3 Å². The Morgan fingerprint density at radius 1 is 1.28 bits per heavy atom. The lowest BCUT2D eigenvalue weighted by molar-refractivity contribution is -0.124. The number of hydrogen-bond acceptors (Lipinski definition) is 4. The first-order valence-electron chi connectivity index (χ1n) is 5.86. The Hall–Kier alpha value is -1.40. The van der Waals surface area contributed by atoms with Crippen LogP contribution < -0.4 is 10.0 Å². The fourth-order valence-corrected chi connectivity index (χ4v) is 2.74. The molecular formula is C12H16N2O3S. The molecular weight excluding hydrogens is 252 g/mol. The molecule has 1 amide bonds. The van der Waals surface area contributed by atoms with E-state index in [0.29, 0.717) is 19.5 Å². The summed E-state index contributed by atoms with van der Waals surface area (Å²) in [6.07, 6.45) is 0.409. The molecule has 1 aliphatic heterocycles. The van der Waals surface area contributed by atoms with Crippen LogP contribution in [0.15, 0.2) is 30.3 Å². The lowest BCUT2D eigenvalue weighted by Gasteiger charge is -2.25. The highest BCUT2D eigenvalue weighted by atomic mass is 32.2. The number of amides is 1. The standard InChI is InChI=1S/C12H16N2O3S/c15-12(11-8-13-9-11)14-18(16,17)7-6-10-4-2-1-3-5-10/h1-5,11,13H,6-9H2,(H,14,15). The Balaban J connectivity index is 1.85. The molecule has 2 N–H and O–H groups in total. The van der Waals surface area contributed by atoms with Gasteiger partial charge in [-0.3, -0.25) is 9.52 Å². The SMILES string of the molecule is O=C(NS(=O)(=O)CCc1ccccc1)C1CNC1. The number of nitrogens with one attached hydrogen (secondary N) is 2. The minimum Gasteiger partial charge on any atom is -0.315 e. The summed E-state index contributed by atoms with van der Waals surface area (Å²) >= 11 is 0. The number of carbonyl (C=O) groups excluding carboxylic acids is 1. The van der Waals surface area contributed by atoms with E-state index in [9.17, 15) is 13.2 Å². The highest BCUT2D eigenvalue weighted by Crippen LogP contribution is 2.05. The molecule has 1 aliphatic rings. The van der Waals surface area contributed by atoms with Gasteiger partial charge in [0, 0.05) is 13.1 Å². The van der Waals surface area contributed by atoms with Gasteiger partial charge in [-0.05, 0) is 12.0 Å². The predicted octanol–water partition coefficient (Wildman–Crippen LogP) is -0.106. The monoisotopic (exact) mass is 268 g/mol. The number of benzene rings is 1. The summed E-state index contributed by atoms with van der Waals surface area (Å²) in [5, 5.41) is 2.93. The largest absolute Gasteiger partial charge is 0.315 e. The molecule has 6 heteroatoms. The molecule has 1 saturated heterocycles. The molecule has 0 aliphatic carbocycles. The second-order valence-corrected chi connectivity index (χ2v) is 6.22. The third-order valence-electron chi connectivity index (χ3n) is 2.91. The summed E-state index contributed by atoms with van der Waals surface area (Å²) in [5.41, 5.74) is 0.945. The van der Waals surface area contributed by atoms with E-state index >= 15 is 0 Å². The van der Waals surface area contributed by atoms with Crippen LogP contribution in [0.25, 0.3) is 0 Å². The highest BCUT2D eigenvalue weighted by molar-refractivity contribution is 7.90. The maximum atomic E-state index is 11.7. The molecule has 0 spiro atoms. The van der Waals surface area contributed by atoms with E-state index < -0.39 is 15.9 Å². The summed E-state index contributed by atoms with van der Waals surface area (Å²) in [5.74, 6) is -0.679. The highest BCUT2D eigenvalue weighted by Gasteiger charge is 2.27. The van der Waals surface area contributed by atoms with Crippen molar-refractivity contribution in [2.45, 2.75) is 6.42 Å². The van der Waals surface area contributed by atoms with Crippen molar-refractivity contribution in [3.05, 3.63) is 35.9 Å². The van der Waals surface area contributed by atoms with Gasteiger partial charge in [0.2, 0.25) is 15.9 Å². The predicted molar refractivity (Wildman–Crippen MR) is 68.4 cm³/mol. The molecule has 0 aromatic heterocycles. The summed E-state index contributed by atoms with van der Waals surface area (Å²) in [7, 11) is -3.53. The van der Waals surface area contributed by atoms with E-state index in [1.165, 1.54) is 0 Å². The van der Waals surface area contributed by atoms with Gasteiger partial charge < -0.3 is 5.32 Å². The summed E-state index contributed by atoms with van der Waals surface area (Å²) < 4.78 is 25.5. The molecule has 2 rings (SSSR count). The molecule has 1 aromatic carbocycles. The van der Waals surface area contributed by atoms with E-state index in [-0.39, 0.29) is 11.7 Å². The van der Waals surface area contributed by atoms with E-state index in [1.54, 1.807) is 0 Å². The van der Waals surface area contributed by atoms with Crippen LogP contribution in [0.4, 0.5) is 0 Å². The Kier molecular flexibility index (Phi) is 3.98. The van der Waals surface area contributed by atoms with Crippen LogP contribution in [-0.4, -0.2) is 33.2 Å². The van der Waals surface area contributed by atoms with Crippen LogP contribution in [0, 0.1) is 5.92 Å². The Labute approximate surface area is 107 Å². The smallest absolute Gasteiger partial charge is 0.239 e. The molecule has 1 fully saturated rings. The first-order valence-corrected chi connectivity index (χ1v) is 7.51. The minimum absolute atomic E-state index is 0.0666. The Bertz CT molecular complexity index is 509. The van der Waals surface area contributed by atoms with Crippen molar-refractivity contribution in [1.29, 1.82) is 0 Å². The van der Waals surface area contributed by atoms with Gasteiger partial charge in [0.15, 0.2) is 0 Å². The molecule has 5 nitrogen and oxygen atoms in total. The van der Waals surface area contributed by atoms with E-state index in [4.69, 9.17) is 0 Å². The number of aryl methyl sites for hydroxylation is 1. The zero-order chi connectivity index (χ0) is 13.0. The van der Waals surface area contributed by atoms with Crippen LogP contribution in [0.1, 0.15) is 5.56 Å². The Morgan fingerprint density at radius 2 is 1.94 bits per heavy atom. The van der Waals surface area contributed by atoms with Crippen LogP contribution in [0.2, 0.25) is 0 Å². The second-order valence-electron chi connectivity index (χ2n) is 4.38. The van der Waals surface area contributed by atoms with Crippen molar-refractivity contribution in [2.75, 3.05) is 18.8 Å². The van der Waals surface area contributed by atoms with E-state index in [1.807, 2.05) is 30.3 Å². The fourth-order valence-electron chi connectivity index (χ4n) is 1.66. The van der Waals surface area contributed by atoms with Gasteiger partial charge in [0.05, 0.1) is 11.7 Å². The molecule has 0 radical (unpaired) electrons. The van der Waals surface area contributed by atoms with Crippen LogP contribution in [-0.2, 0) is 21.2 Å². The third kappa shape index (κ3) is 3.54. The lowest BCUT2D eigenvalue weighted by Crippen LogP contribution is -2.52. The maximum absolute atomic E-state index is 11.7.